The van der Waals surface area contributed by atoms with Gasteiger partial charge < -0.3 is 11.1 Å². The summed E-state index contributed by atoms with van der Waals surface area (Å²) in [7, 11) is 0. The summed E-state index contributed by atoms with van der Waals surface area (Å²) >= 11 is 5.40. The van der Waals surface area contributed by atoms with Gasteiger partial charge in [-0.25, -0.2) is 0 Å². The molecular weight excluding hydrogens is 308 g/mol. The third-order valence-corrected chi connectivity index (χ3v) is 4.83. The summed E-state index contributed by atoms with van der Waals surface area (Å²) in [6.45, 7) is 6.05. The minimum absolute atomic E-state index is 0.804. The van der Waals surface area contributed by atoms with Crippen LogP contribution in [0.5, 0.6) is 0 Å². The smallest absolute Gasteiger partial charge is 0.0318 e. The van der Waals surface area contributed by atoms with Gasteiger partial charge in [0.15, 0.2) is 0 Å². The number of hydrogen-bond donors (Lipinski definition) is 2. The van der Waals surface area contributed by atoms with E-state index in [1.165, 1.54) is 20.9 Å². The van der Waals surface area contributed by atoms with Gasteiger partial charge >= 0.3 is 0 Å². The summed E-state index contributed by atoms with van der Waals surface area (Å²) in [4.78, 5) is 2.78. The largest absolute Gasteiger partial charge is 0.399 e. The van der Waals surface area contributed by atoms with Crippen LogP contribution in [0, 0.1) is 13.8 Å². The molecule has 2 nitrogen and oxygen atoms in total. The van der Waals surface area contributed by atoms with Gasteiger partial charge in [-0.05, 0) is 49.2 Å². The van der Waals surface area contributed by atoms with Crippen molar-refractivity contribution < 1.29 is 0 Å². The van der Waals surface area contributed by atoms with Gasteiger partial charge in [-0.3, -0.25) is 0 Å². The van der Waals surface area contributed by atoms with Gasteiger partial charge in [0.1, 0.15) is 0 Å². The van der Waals surface area contributed by atoms with Crippen LogP contribution >= 0.6 is 27.3 Å². The fourth-order valence-corrected chi connectivity index (χ4v) is 3.20. The molecule has 0 spiro atoms. The molecule has 0 radical (unpaired) electrons. The van der Waals surface area contributed by atoms with E-state index in [9.17, 15) is 0 Å². The number of thiophene rings is 1. The van der Waals surface area contributed by atoms with Crippen molar-refractivity contribution in [3.05, 3.63) is 49.6 Å². The van der Waals surface area contributed by atoms with Crippen LogP contribution in [0.3, 0.4) is 0 Å². The average Bonchev–Trinajstić information content (AvgIpc) is 2.63. The molecule has 1 heterocycles. The van der Waals surface area contributed by atoms with Crippen LogP contribution in [-0.4, -0.2) is 0 Å². The second-order valence-corrected chi connectivity index (χ2v) is 6.60. The van der Waals surface area contributed by atoms with Gasteiger partial charge in [0.2, 0.25) is 0 Å². The first kappa shape index (κ1) is 13.6. The molecule has 0 fully saturated rings. The fraction of sp³-hybridized carbons (Fsp3) is 0.286. The lowest BCUT2D eigenvalue weighted by Crippen LogP contribution is -2.12. The average molecular weight is 325 g/mol. The molecule has 0 amide bonds. The van der Waals surface area contributed by atoms with Crippen molar-refractivity contribution >= 4 is 33.0 Å². The Balaban J connectivity index is 1.94. The van der Waals surface area contributed by atoms with E-state index in [-0.39, 0.29) is 0 Å². The van der Waals surface area contributed by atoms with Crippen molar-refractivity contribution in [2.75, 3.05) is 5.73 Å². The maximum absolute atomic E-state index is 5.79. The van der Waals surface area contributed by atoms with Crippen molar-refractivity contribution in [1.29, 1.82) is 0 Å². The number of nitrogens with one attached hydrogen (secondary N) is 1. The molecule has 0 unspecified atom stereocenters. The van der Waals surface area contributed by atoms with Crippen LogP contribution in [0.1, 0.15) is 20.9 Å². The highest BCUT2D eigenvalue weighted by molar-refractivity contribution is 9.10. The molecule has 0 atom stereocenters. The molecule has 0 saturated heterocycles. The van der Waals surface area contributed by atoms with Crippen LogP contribution in [0.25, 0.3) is 0 Å². The lowest BCUT2D eigenvalue weighted by atomic mass is 10.2. The Labute approximate surface area is 120 Å². The molecular formula is C14H17BrN2S. The van der Waals surface area contributed by atoms with E-state index in [2.05, 4.69) is 41.2 Å². The number of aryl methyl sites for hydroxylation is 2. The van der Waals surface area contributed by atoms with Crippen LogP contribution in [0.2, 0.25) is 0 Å². The number of halogens is 1. The van der Waals surface area contributed by atoms with Gasteiger partial charge in [0.25, 0.3) is 0 Å². The van der Waals surface area contributed by atoms with Crippen LogP contribution < -0.4 is 11.1 Å². The highest BCUT2D eigenvalue weighted by atomic mass is 79.9. The summed E-state index contributed by atoms with van der Waals surface area (Å²) in [5.41, 5.74) is 9.16. The van der Waals surface area contributed by atoms with Crippen LogP contribution in [0.15, 0.2) is 28.7 Å². The SMILES string of the molecule is Cc1cc(CNCc2cc(N)ccc2Br)sc1C. The Hall–Kier alpha value is -0.840. The molecule has 0 saturated carbocycles. The Morgan fingerprint density at radius 2 is 2.00 bits per heavy atom. The third-order valence-electron chi connectivity index (χ3n) is 2.90. The number of rotatable bonds is 4. The molecule has 0 aliphatic rings. The van der Waals surface area contributed by atoms with E-state index in [0.717, 1.165) is 23.2 Å². The maximum atomic E-state index is 5.79. The van der Waals surface area contributed by atoms with Gasteiger partial charge in [-0.1, -0.05) is 15.9 Å². The van der Waals surface area contributed by atoms with Gasteiger partial charge in [-0.15, -0.1) is 11.3 Å². The summed E-state index contributed by atoms with van der Waals surface area (Å²) < 4.78 is 1.10. The summed E-state index contributed by atoms with van der Waals surface area (Å²) in [6.07, 6.45) is 0. The van der Waals surface area contributed by atoms with Crippen molar-refractivity contribution in [2.24, 2.45) is 0 Å². The Morgan fingerprint density at radius 1 is 1.22 bits per heavy atom. The first-order valence-electron chi connectivity index (χ1n) is 5.87. The van der Waals surface area contributed by atoms with E-state index < -0.39 is 0 Å². The Bertz CT molecular complexity index is 529. The zero-order valence-electron chi connectivity index (χ0n) is 10.6. The molecule has 1 aromatic carbocycles. The van der Waals surface area contributed by atoms with E-state index in [0.29, 0.717) is 0 Å². The molecule has 18 heavy (non-hydrogen) atoms. The molecule has 1 aromatic heterocycles. The first-order chi connectivity index (χ1) is 8.56. The highest BCUT2D eigenvalue weighted by Gasteiger charge is 2.03. The predicted octanol–water partition coefficient (Wildman–Crippen LogP) is 4.00. The molecule has 96 valence electrons. The summed E-state index contributed by atoms with van der Waals surface area (Å²) in [5, 5.41) is 3.45. The molecule has 4 heteroatoms. The molecule has 0 aliphatic carbocycles. The van der Waals surface area contributed by atoms with E-state index in [4.69, 9.17) is 5.73 Å². The van der Waals surface area contributed by atoms with Gasteiger partial charge in [0, 0.05) is 33.0 Å². The molecule has 3 N–H and O–H groups in total. The molecule has 0 aliphatic heterocycles. The molecule has 0 bridgehead atoms. The van der Waals surface area contributed by atoms with Crippen molar-refractivity contribution in [3.63, 3.8) is 0 Å². The lowest BCUT2D eigenvalue weighted by Gasteiger charge is -2.07. The minimum Gasteiger partial charge on any atom is -0.399 e. The number of anilines is 1. The quantitative estimate of drug-likeness (QED) is 0.834. The summed E-state index contributed by atoms with van der Waals surface area (Å²) in [5.74, 6) is 0. The van der Waals surface area contributed by atoms with Crippen molar-refractivity contribution in [2.45, 2.75) is 26.9 Å². The maximum Gasteiger partial charge on any atom is 0.0318 e. The predicted molar refractivity (Wildman–Crippen MR) is 82.9 cm³/mol. The van der Waals surface area contributed by atoms with Gasteiger partial charge in [0.05, 0.1) is 0 Å². The minimum atomic E-state index is 0.804. The highest BCUT2D eigenvalue weighted by Crippen LogP contribution is 2.22. The topological polar surface area (TPSA) is 38.0 Å². The van der Waals surface area contributed by atoms with Crippen LogP contribution in [0.4, 0.5) is 5.69 Å². The Kier molecular flexibility index (Phi) is 4.43. The van der Waals surface area contributed by atoms with E-state index in [1.54, 1.807) is 0 Å². The van der Waals surface area contributed by atoms with Crippen molar-refractivity contribution in [1.82, 2.24) is 5.32 Å². The van der Waals surface area contributed by atoms with Gasteiger partial charge in [-0.2, -0.15) is 0 Å². The standard InChI is InChI=1S/C14H17BrN2S/c1-9-5-13(18-10(9)2)8-17-7-11-6-12(16)3-4-14(11)15/h3-6,17H,7-8,16H2,1-2H3. The number of benzene rings is 1. The number of nitrogens with two attached hydrogens (primary N) is 1. The monoisotopic (exact) mass is 324 g/mol. The second kappa shape index (κ2) is 5.87. The molecule has 2 aromatic rings. The van der Waals surface area contributed by atoms with E-state index >= 15 is 0 Å². The summed E-state index contributed by atoms with van der Waals surface area (Å²) in [6, 6.07) is 8.15. The third kappa shape index (κ3) is 3.34. The second-order valence-electron chi connectivity index (χ2n) is 4.41. The number of nitrogen functional groups attached to an aromatic ring is 1. The Morgan fingerprint density at radius 3 is 2.67 bits per heavy atom. The number of hydrogen-bond acceptors (Lipinski definition) is 3. The molecule has 2 rings (SSSR count). The zero-order chi connectivity index (χ0) is 13.1. The zero-order valence-corrected chi connectivity index (χ0v) is 13.0. The lowest BCUT2D eigenvalue weighted by molar-refractivity contribution is 0.699. The first-order valence-corrected chi connectivity index (χ1v) is 7.47. The van der Waals surface area contributed by atoms with Crippen molar-refractivity contribution in [3.8, 4) is 0 Å². The fourth-order valence-electron chi connectivity index (χ4n) is 1.79. The van der Waals surface area contributed by atoms with Crippen LogP contribution in [-0.2, 0) is 13.1 Å². The van der Waals surface area contributed by atoms with E-state index in [1.807, 2.05) is 29.5 Å². The normalized spacial score (nSPS) is 10.8.